The highest BCUT2D eigenvalue weighted by Crippen LogP contribution is 2.30. The Balaban J connectivity index is 2.40. The molecule has 0 saturated carbocycles. The van der Waals surface area contributed by atoms with Crippen molar-refractivity contribution in [3.05, 3.63) is 40.8 Å². The van der Waals surface area contributed by atoms with Gasteiger partial charge in [0.2, 0.25) is 0 Å². The van der Waals surface area contributed by atoms with Crippen LogP contribution in [0.25, 0.3) is 16.9 Å². The monoisotopic (exact) mass is 322 g/mol. The Bertz CT molecular complexity index is 801. The molecule has 0 saturated heterocycles. The molecule has 0 N–H and O–H groups in total. The SMILES string of the molecule is CCn1nc(C)c2nc(C(C)Cl)n(-c3cccc(Cl)c3)c21. The van der Waals surface area contributed by atoms with E-state index < -0.39 is 0 Å². The first-order valence-corrected chi connectivity index (χ1v) is 7.70. The summed E-state index contributed by atoms with van der Waals surface area (Å²) in [5.41, 5.74) is 3.70. The summed E-state index contributed by atoms with van der Waals surface area (Å²) in [7, 11) is 0. The Morgan fingerprint density at radius 2 is 2.10 bits per heavy atom. The molecule has 2 heterocycles. The van der Waals surface area contributed by atoms with E-state index in [4.69, 9.17) is 28.2 Å². The van der Waals surface area contributed by atoms with Crippen LogP contribution in [-0.4, -0.2) is 19.3 Å². The van der Waals surface area contributed by atoms with Gasteiger partial charge in [-0.1, -0.05) is 17.7 Å². The van der Waals surface area contributed by atoms with Gasteiger partial charge in [0.15, 0.2) is 5.65 Å². The molecule has 0 spiro atoms. The van der Waals surface area contributed by atoms with Crippen LogP contribution >= 0.6 is 23.2 Å². The third-order valence-electron chi connectivity index (χ3n) is 3.46. The molecular formula is C15H16Cl2N4. The third-order valence-corrected chi connectivity index (χ3v) is 3.89. The molecule has 3 rings (SSSR count). The largest absolute Gasteiger partial charge is 0.280 e. The van der Waals surface area contributed by atoms with Crippen LogP contribution in [0.15, 0.2) is 24.3 Å². The van der Waals surface area contributed by atoms with Crippen molar-refractivity contribution in [1.29, 1.82) is 0 Å². The van der Waals surface area contributed by atoms with E-state index in [1.54, 1.807) is 0 Å². The van der Waals surface area contributed by atoms with Gasteiger partial charge in [0.1, 0.15) is 11.3 Å². The van der Waals surface area contributed by atoms with Crippen LogP contribution in [0.4, 0.5) is 0 Å². The van der Waals surface area contributed by atoms with Crippen molar-refractivity contribution in [2.24, 2.45) is 0 Å². The number of imidazole rings is 1. The van der Waals surface area contributed by atoms with E-state index in [2.05, 4.69) is 12.0 Å². The first-order chi connectivity index (χ1) is 10.0. The summed E-state index contributed by atoms with van der Waals surface area (Å²) in [5, 5.41) is 5.01. The standard InChI is InChI=1S/C15H16Cl2N4/c1-4-20-15-13(10(3)19-20)18-14(9(2)16)21(15)12-7-5-6-11(17)8-12/h5-9H,4H2,1-3H3. The highest BCUT2D eigenvalue weighted by molar-refractivity contribution is 6.30. The van der Waals surface area contributed by atoms with Gasteiger partial charge in [-0.05, 0) is 39.0 Å². The Morgan fingerprint density at radius 1 is 1.33 bits per heavy atom. The molecule has 1 unspecified atom stereocenters. The fourth-order valence-electron chi connectivity index (χ4n) is 2.54. The predicted octanol–water partition coefficient (Wildman–Crippen LogP) is 4.50. The van der Waals surface area contributed by atoms with Crippen LogP contribution in [0, 0.1) is 6.92 Å². The minimum atomic E-state index is -0.207. The zero-order chi connectivity index (χ0) is 15.1. The fourth-order valence-corrected chi connectivity index (χ4v) is 2.87. The van der Waals surface area contributed by atoms with Crippen molar-refractivity contribution >= 4 is 34.4 Å². The molecule has 6 heteroatoms. The molecule has 0 amide bonds. The highest BCUT2D eigenvalue weighted by Gasteiger charge is 2.21. The predicted molar refractivity (Wildman–Crippen MR) is 86.5 cm³/mol. The van der Waals surface area contributed by atoms with Gasteiger partial charge in [-0.3, -0.25) is 4.57 Å². The van der Waals surface area contributed by atoms with E-state index in [-0.39, 0.29) is 5.38 Å². The molecule has 21 heavy (non-hydrogen) atoms. The number of nitrogens with zero attached hydrogens (tertiary/aromatic N) is 4. The second-order valence-electron chi connectivity index (χ2n) is 4.97. The molecule has 0 radical (unpaired) electrons. The van der Waals surface area contributed by atoms with E-state index in [1.807, 2.05) is 47.4 Å². The van der Waals surface area contributed by atoms with E-state index >= 15 is 0 Å². The number of hydrogen-bond acceptors (Lipinski definition) is 2. The van der Waals surface area contributed by atoms with E-state index in [0.29, 0.717) is 5.02 Å². The molecule has 1 atom stereocenters. The van der Waals surface area contributed by atoms with Crippen molar-refractivity contribution in [2.75, 3.05) is 0 Å². The summed E-state index contributed by atoms with van der Waals surface area (Å²) in [5.74, 6) is 0.802. The Kier molecular flexibility index (Phi) is 3.68. The maximum Gasteiger partial charge on any atom is 0.163 e. The molecule has 0 bridgehead atoms. The van der Waals surface area contributed by atoms with Crippen molar-refractivity contribution in [2.45, 2.75) is 32.7 Å². The van der Waals surface area contributed by atoms with Crippen LogP contribution in [0.5, 0.6) is 0 Å². The summed E-state index contributed by atoms with van der Waals surface area (Å²) in [6, 6.07) is 7.68. The van der Waals surface area contributed by atoms with Gasteiger partial charge < -0.3 is 0 Å². The second kappa shape index (κ2) is 5.35. The number of halogens is 2. The molecule has 0 aliphatic carbocycles. The first kappa shape index (κ1) is 14.4. The third kappa shape index (κ3) is 2.32. The van der Waals surface area contributed by atoms with E-state index in [0.717, 1.165) is 34.9 Å². The van der Waals surface area contributed by atoms with Crippen molar-refractivity contribution in [3.8, 4) is 5.69 Å². The summed E-state index contributed by atoms with van der Waals surface area (Å²) in [4.78, 5) is 4.69. The molecule has 3 aromatic rings. The van der Waals surface area contributed by atoms with Gasteiger partial charge in [-0.15, -0.1) is 11.6 Å². The van der Waals surface area contributed by atoms with Gasteiger partial charge in [-0.2, -0.15) is 5.10 Å². The average Bonchev–Trinajstić information content (AvgIpc) is 2.97. The highest BCUT2D eigenvalue weighted by atomic mass is 35.5. The molecule has 2 aromatic heterocycles. The number of aromatic nitrogens is 4. The maximum absolute atomic E-state index is 6.33. The molecule has 0 fully saturated rings. The molecular weight excluding hydrogens is 307 g/mol. The normalized spacial score (nSPS) is 13.0. The van der Waals surface area contributed by atoms with E-state index in [1.165, 1.54) is 0 Å². The van der Waals surface area contributed by atoms with Gasteiger partial charge in [0, 0.05) is 11.6 Å². The fraction of sp³-hybridized carbons (Fsp3) is 0.333. The minimum absolute atomic E-state index is 0.207. The topological polar surface area (TPSA) is 35.6 Å². The zero-order valence-electron chi connectivity index (χ0n) is 12.1. The Morgan fingerprint density at radius 3 is 2.71 bits per heavy atom. The number of benzene rings is 1. The summed E-state index contributed by atoms with van der Waals surface area (Å²) in [6.07, 6.45) is 0. The lowest BCUT2D eigenvalue weighted by Gasteiger charge is -2.12. The molecule has 0 aliphatic rings. The summed E-state index contributed by atoms with van der Waals surface area (Å²) in [6.45, 7) is 6.72. The summed E-state index contributed by atoms with van der Waals surface area (Å²) < 4.78 is 3.99. The lowest BCUT2D eigenvalue weighted by molar-refractivity contribution is 0.658. The van der Waals surface area contributed by atoms with Crippen molar-refractivity contribution in [3.63, 3.8) is 0 Å². The number of aryl methyl sites for hydroxylation is 2. The zero-order valence-corrected chi connectivity index (χ0v) is 13.7. The quantitative estimate of drug-likeness (QED) is 0.665. The molecule has 4 nitrogen and oxygen atoms in total. The molecule has 110 valence electrons. The number of alkyl halides is 1. The van der Waals surface area contributed by atoms with Crippen molar-refractivity contribution < 1.29 is 0 Å². The Labute approximate surface area is 133 Å². The van der Waals surface area contributed by atoms with Crippen LogP contribution in [0.3, 0.4) is 0 Å². The van der Waals surface area contributed by atoms with Crippen molar-refractivity contribution in [1.82, 2.24) is 19.3 Å². The second-order valence-corrected chi connectivity index (χ2v) is 6.07. The van der Waals surface area contributed by atoms with E-state index in [9.17, 15) is 0 Å². The van der Waals surface area contributed by atoms with Crippen LogP contribution in [0.1, 0.15) is 30.7 Å². The number of hydrogen-bond donors (Lipinski definition) is 0. The first-order valence-electron chi connectivity index (χ1n) is 6.88. The molecule has 1 aromatic carbocycles. The van der Waals surface area contributed by atoms with Crippen LogP contribution in [0.2, 0.25) is 5.02 Å². The average molecular weight is 323 g/mol. The van der Waals surface area contributed by atoms with Crippen LogP contribution in [-0.2, 0) is 6.54 Å². The number of fused-ring (bicyclic) bond motifs is 1. The maximum atomic E-state index is 6.33. The smallest absolute Gasteiger partial charge is 0.163 e. The van der Waals surface area contributed by atoms with Gasteiger partial charge in [0.25, 0.3) is 0 Å². The lowest BCUT2D eigenvalue weighted by atomic mass is 10.3. The van der Waals surface area contributed by atoms with Gasteiger partial charge >= 0.3 is 0 Å². The molecule has 0 aliphatic heterocycles. The van der Waals surface area contributed by atoms with Gasteiger partial charge in [0.05, 0.1) is 16.8 Å². The van der Waals surface area contributed by atoms with Gasteiger partial charge in [-0.25, -0.2) is 9.67 Å². The summed E-state index contributed by atoms with van der Waals surface area (Å²) >= 11 is 12.5. The van der Waals surface area contributed by atoms with Crippen LogP contribution < -0.4 is 0 Å². The Hall–Kier alpha value is -1.52. The number of rotatable bonds is 3. The minimum Gasteiger partial charge on any atom is -0.280 e. The lowest BCUT2D eigenvalue weighted by Crippen LogP contribution is -2.07.